The second-order valence-corrected chi connectivity index (χ2v) is 2.31. The summed E-state index contributed by atoms with van der Waals surface area (Å²) in [6.07, 6.45) is -2.03. The van der Waals surface area contributed by atoms with Gasteiger partial charge in [-0.3, -0.25) is 0 Å². The summed E-state index contributed by atoms with van der Waals surface area (Å²) in [5.74, 6) is -0.220. The maximum Gasteiger partial charge on any atom is 0.272 e. The predicted molar refractivity (Wildman–Crippen MR) is 27.8 cm³/mol. The van der Waals surface area contributed by atoms with Crippen molar-refractivity contribution in [2.75, 3.05) is 0 Å². The summed E-state index contributed by atoms with van der Waals surface area (Å²) >= 11 is 0. The molecule has 0 saturated heterocycles. The molecule has 0 heterocycles. The molecule has 10 heavy (non-hydrogen) atoms. The first-order valence-electron chi connectivity index (χ1n) is 3.02. The zero-order valence-electron chi connectivity index (χ0n) is 5.37. The first kappa shape index (κ1) is 10.5. The van der Waals surface area contributed by atoms with Gasteiger partial charge in [0.1, 0.15) is 0 Å². The Morgan fingerprint density at radius 3 is 1.60 bits per heavy atom. The fraction of sp³-hybridized carbons (Fsp3) is 0.833. The molecular weight excluding hydrogens is 313 g/mol. The molecule has 0 bridgehead atoms. The fourth-order valence-electron chi connectivity index (χ4n) is 1.09. The number of hydrogen-bond acceptors (Lipinski definition) is 0. The van der Waals surface area contributed by atoms with E-state index in [2.05, 4.69) is 0 Å². The summed E-state index contributed by atoms with van der Waals surface area (Å²) in [6, 6.07) is 0. The van der Waals surface area contributed by atoms with Crippen molar-refractivity contribution < 1.29 is 34.2 Å². The average Bonchev–Trinajstić information content (AvgIpc) is 2.08. The van der Waals surface area contributed by atoms with Gasteiger partial charge in [0, 0.05) is 21.1 Å². The van der Waals surface area contributed by atoms with Gasteiger partial charge < -0.3 is 0 Å². The summed E-state index contributed by atoms with van der Waals surface area (Å²) in [4.78, 5) is 0. The van der Waals surface area contributed by atoms with E-state index in [4.69, 9.17) is 0 Å². The van der Waals surface area contributed by atoms with Gasteiger partial charge in [0.25, 0.3) is 6.18 Å². The van der Waals surface area contributed by atoms with Crippen LogP contribution in [0.2, 0.25) is 0 Å². The summed E-state index contributed by atoms with van der Waals surface area (Å²) in [5.41, 5.74) is 0. The molecule has 0 atom stereocenters. The molecule has 1 fully saturated rings. The Morgan fingerprint density at radius 2 is 1.40 bits per heavy atom. The fourth-order valence-corrected chi connectivity index (χ4v) is 1.09. The Hall–Kier alpha value is 0.478. The van der Waals surface area contributed by atoms with Crippen LogP contribution in [0.25, 0.3) is 0 Å². The van der Waals surface area contributed by atoms with E-state index >= 15 is 0 Å². The zero-order chi connectivity index (χ0) is 6.91. The van der Waals surface area contributed by atoms with Gasteiger partial charge in [0.2, 0.25) is 0 Å². The van der Waals surface area contributed by atoms with E-state index < -0.39 is 6.18 Å². The number of hydrogen-bond donors (Lipinski definition) is 0. The van der Waals surface area contributed by atoms with Crippen molar-refractivity contribution in [2.24, 2.45) is 0 Å². The van der Waals surface area contributed by atoms with E-state index in [-0.39, 0.29) is 39.8 Å². The summed E-state index contributed by atoms with van der Waals surface area (Å²) in [5, 5.41) is 0. The molecule has 0 aromatic rings. The Bertz CT molecular complexity index is 93.7. The quantitative estimate of drug-likeness (QED) is 0.602. The van der Waals surface area contributed by atoms with E-state index in [1.807, 2.05) is 0 Å². The van der Waals surface area contributed by atoms with Gasteiger partial charge in [-0.25, -0.2) is 19.1 Å². The molecule has 0 amide bonds. The second kappa shape index (κ2) is 3.75. The van der Waals surface area contributed by atoms with Crippen LogP contribution in [0.15, 0.2) is 0 Å². The third kappa shape index (κ3) is 2.61. The maximum atomic E-state index is 11.7. The predicted octanol–water partition coefficient (Wildman–Crippen LogP) is 2.69. The number of rotatable bonds is 0. The van der Waals surface area contributed by atoms with E-state index in [0.29, 0.717) is 0 Å². The number of halogens is 3. The van der Waals surface area contributed by atoms with Gasteiger partial charge in [-0.15, -0.1) is 0 Å². The van der Waals surface area contributed by atoms with Gasteiger partial charge >= 0.3 is 0 Å². The topological polar surface area (TPSA) is 0 Å². The largest absolute Gasteiger partial charge is 0.272 e. The van der Waals surface area contributed by atoms with Crippen molar-refractivity contribution in [3.05, 3.63) is 5.92 Å². The summed E-state index contributed by atoms with van der Waals surface area (Å²) < 4.78 is 35.2. The van der Waals surface area contributed by atoms with Crippen LogP contribution in [-0.2, 0) is 21.1 Å². The van der Waals surface area contributed by atoms with E-state index in [1.165, 1.54) is 0 Å². The van der Waals surface area contributed by atoms with Crippen LogP contribution in [0.3, 0.4) is 0 Å². The number of alkyl halides is 3. The minimum atomic E-state index is -4.00. The molecule has 0 aromatic carbocycles. The van der Waals surface area contributed by atoms with Gasteiger partial charge in [0.05, 0.1) is 0 Å². The van der Waals surface area contributed by atoms with Crippen LogP contribution in [0.4, 0.5) is 13.2 Å². The molecule has 1 rings (SSSR count). The Labute approximate surface area is 72.4 Å². The van der Waals surface area contributed by atoms with Crippen LogP contribution in [0.1, 0.15) is 25.7 Å². The Balaban J connectivity index is 0.000000810. The van der Waals surface area contributed by atoms with Gasteiger partial charge in [-0.05, 0) is 0 Å². The molecule has 0 radical (unpaired) electrons. The smallest absolute Gasteiger partial charge is 0.212 e. The molecule has 1 aliphatic rings. The Kier molecular flexibility index (Phi) is 3.93. The molecular formula is C6H8F3W-. The van der Waals surface area contributed by atoms with Gasteiger partial charge in [0.15, 0.2) is 0 Å². The molecule has 0 aliphatic heterocycles. The molecule has 0 nitrogen and oxygen atoms in total. The minimum absolute atomic E-state index is 0. The first-order valence-corrected chi connectivity index (χ1v) is 3.02. The van der Waals surface area contributed by atoms with E-state index in [0.717, 1.165) is 12.8 Å². The average molecular weight is 321 g/mol. The van der Waals surface area contributed by atoms with Crippen LogP contribution in [-0.4, -0.2) is 6.18 Å². The van der Waals surface area contributed by atoms with Crippen molar-refractivity contribution >= 4 is 0 Å². The van der Waals surface area contributed by atoms with E-state index in [9.17, 15) is 13.2 Å². The first-order chi connectivity index (χ1) is 4.11. The molecule has 0 N–H and O–H groups in total. The Morgan fingerprint density at radius 1 is 1.00 bits per heavy atom. The summed E-state index contributed by atoms with van der Waals surface area (Å²) in [7, 11) is 0. The third-order valence-corrected chi connectivity index (χ3v) is 1.61. The van der Waals surface area contributed by atoms with Crippen LogP contribution >= 0.6 is 0 Å². The molecule has 0 aromatic heterocycles. The molecule has 60 valence electrons. The SMILES string of the molecule is FC(F)(F)[C-]1CCCC1.[W]. The molecule has 4 heteroatoms. The van der Waals surface area contributed by atoms with Crippen molar-refractivity contribution in [3.63, 3.8) is 0 Å². The van der Waals surface area contributed by atoms with Crippen molar-refractivity contribution in [1.29, 1.82) is 0 Å². The molecule has 1 aliphatic carbocycles. The standard InChI is InChI=1S/C6H8F3.W/c7-6(8,9)5-3-1-2-4-5;/h1-4H2;/q-1;. The zero-order valence-corrected chi connectivity index (χ0v) is 8.30. The second-order valence-electron chi connectivity index (χ2n) is 2.31. The summed E-state index contributed by atoms with van der Waals surface area (Å²) in [6.45, 7) is 0. The minimum Gasteiger partial charge on any atom is -0.212 e. The normalized spacial score (nSPS) is 20.7. The van der Waals surface area contributed by atoms with Crippen LogP contribution in [0, 0.1) is 5.92 Å². The third-order valence-electron chi connectivity index (χ3n) is 1.61. The molecule has 0 spiro atoms. The monoisotopic (exact) mass is 321 g/mol. The van der Waals surface area contributed by atoms with Crippen LogP contribution < -0.4 is 0 Å². The molecule has 1 saturated carbocycles. The molecule has 0 unspecified atom stereocenters. The van der Waals surface area contributed by atoms with Gasteiger partial charge in [-0.1, -0.05) is 12.8 Å². The maximum absolute atomic E-state index is 11.7. The van der Waals surface area contributed by atoms with E-state index in [1.54, 1.807) is 0 Å². The van der Waals surface area contributed by atoms with Crippen LogP contribution in [0.5, 0.6) is 0 Å². The van der Waals surface area contributed by atoms with Crippen molar-refractivity contribution in [3.8, 4) is 0 Å². The van der Waals surface area contributed by atoms with Crippen molar-refractivity contribution in [1.82, 2.24) is 0 Å². The van der Waals surface area contributed by atoms with Gasteiger partial charge in [-0.2, -0.15) is 12.8 Å². The van der Waals surface area contributed by atoms with Crippen molar-refractivity contribution in [2.45, 2.75) is 31.9 Å².